The third-order valence-electron chi connectivity index (χ3n) is 3.20. The van der Waals surface area contributed by atoms with Gasteiger partial charge in [-0.2, -0.15) is 0 Å². The average Bonchev–Trinajstić information content (AvgIpc) is 2.56. The minimum atomic E-state index is -0.913. The van der Waals surface area contributed by atoms with Crippen LogP contribution in [0, 0.1) is 0 Å². The first kappa shape index (κ1) is 21.9. The number of hydrogen-bond donors (Lipinski definition) is 1. The van der Waals surface area contributed by atoms with Crippen LogP contribution >= 0.6 is 0 Å². The fraction of sp³-hybridized carbons (Fsp3) is 0.409. The summed E-state index contributed by atoms with van der Waals surface area (Å²) >= 11 is 0. The Labute approximate surface area is 147 Å². The van der Waals surface area contributed by atoms with Crippen molar-refractivity contribution in [3.05, 3.63) is 72.9 Å². The minimum absolute atomic E-state index is 0.851. The molecule has 0 saturated carbocycles. The van der Waals surface area contributed by atoms with Crippen molar-refractivity contribution in [2.24, 2.45) is 0 Å². The lowest BCUT2D eigenvalue weighted by atomic mass is 10.1. The van der Waals surface area contributed by atoms with Gasteiger partial charge in [-0.05, 0) is 51.4 Å². The summed E-state index contributed by atoms with van der Waals surface area (Å²) in [5.41, 5.74) is 0. The molecule has 0 aromatic heterocycles. The molecule has 0 fully saturated rings. The maximum Gasteiger partial charge on any atom is 0.328 e. The first-order valence-corrected chi connectivity index (χ1v) is 8.93. The Kier molecular flexibility index (Phi) is 17.3. The van der Waals surface area contributed by atoms with E-state index in [0.717, 1.165) is 44.6 Å². The summed E-state index contributed by atoms with van der Waals surface area (Å²) < 4.78 is 0. The van der Waals surface area contributed by atoms with E-state index in [2.05, 4.69) is 55.5 Å². The van der Waals surface area contributed by atoms with Crippen LogP contribution in [0.15, 0.2) is 72.9 Å². The van der Waals surface area contributed by atoms with Gasteiger partial charge in [-0.3, -0.25) is 0 Å². The topological polar surface area (TPSA) is 37.3 Å². The monoisotopic (exact) mass is 328 g/mol. The fourth-order valence-electron chi connectivity index (χ4n) is 1.94. The van der Waals surface area contributed by atoms with E-state index >= 15 is 0 Å². The van der Waals surface area contributed by atoms with Crippen LogP contribution in [0.5, 0.6) is 0 Å². The molecule has 0 radical (unpaired) electrons. The second kappa shape index (κ2) is 19.0. The van der Waals surface area contributed by atoms with Gasteiger partial charge in [0.05, 0.1) is 0 Å². The third-order valence-corrected chi connectivity index (χ3v) is 3.20. The van der Waals surface area contributed by atoms with E-state index in [0.29, 0.717) is 0 Å². The lowest BCUT2D eigenvalue weighted by molar-refractivity contribution is -0.131. The van der Waals surface area contributed by atoms with Gasteiger partial charge >= 0.3 is 5.97 Å². The SMILES string of the molecule is CC/C=C/C/C=C/C/C=C/CCCC/C=C/C/C=C/C=C\C(=O)O. The van der Waals surface area contributed by atoms with Crippen molar-refractivity contribution in [3.8, 4) is 0 Å². The van der Waals surface area contributed by atoms with Crippen LogP contribution in [-0.2, 0) is 4.79 Å². The normalized spacial score (nSPS) is 13.0. The first-order valence-electron chi connectivity index (χ1n) is 8.93. The number of allylic oxidation sites excluding steroid dienone is 11. The minimum Gasteiger partial charge on any atom is -0.478 e. The smallest absolute Gasteiger partial charge is 0.328 e. The predicted octanol–water partition coefficient (Wildman–Crippen LogP) is 6.55. The molecule has 0 atom stereocenters. The van der Waals surface area contributed by atoms with Crippen molar-refractivity contribution in [1.82, 2.24) is 0 Å². The summed E-state index contributed by atoms with van der Waals surface area (Å²) in [6, 6.07) is 0. The quantitative estimate of drug-likeness (QED) is 0.170. The van der Waals surface area contributed by atoms with Crippen molar-refractivity contribution in [2.45, 2.75) is 58.3 Å². The zero-order valence-electron chi connectivity index (χ0n) is 14.9. The van der Waals surface area contributed by atoms with Gasteiger partial charge in [-0.15, -0.1) is 0 Å². The van der Waals surface area contributed by atoms with E-state index < -0.39 is 5.97 Å². The predicted molar refractivity (Wildman–Crippen MR) is 105 cm³/mol. The number of carbonyl (C=O) groups is 1. The largest absolute Gasteiger partial charge is 0.478 e. The maximum atomic E-state index is 10.2. The molecular formula is C22H32O2. The first-order chi connectivity index (χ1) is 11.8. The number of rotatable bonds is 14. The van der Waals surface area contributed by atoms with Gasteiger partial charge < -0.3 is 5.11 Å². The lowest BCUT2D eigenvalue weighted by Gasteiger charge is -1.92. The molecule has 0 heterocycles. The molecule has 24 heavy (non-hydrogen) atoms. The molecule has 0 aromatic rings. The molecule has 0 spiro atoms. The Morgan fingerprint density at radius 2 is 1.21 bits per heavy atom. The highest BCUT2D eigenvalue weighted by molar-refractivity contribution is 5.80. The number of carboxylic acid groups (broad SMARTS) is 1. The van der Waals surface area contributed by atoms with Crippen molar-refractivity contribution in [1.29, 1.82) is 0 Å². The second-order valence-corrected chi connectivity index (χ2v) is 5.41. The van der Waals surface area contributed by atoms with Crippen LogP contribution in [0.3, 0.4) is 0 Å². The van der Waals surface area contributed by atoms with Gasteiger partial charge in [0, 0.05) is 6.08 Å². The molecule has 0 aliphatic rings. The van der Waals surface area contributed by atoms with Crippen LogP contribution < -0.4 is 0 Å². The van der Waals surface area contributed by atoms with Crippen molar-refractivity contribution in [2.75, 3.05) is 0 Å². The van der Waals surface area contributed by atoms with Crippen molar-refractivity contribution < 1.29 is 9.90 Å². The van der Waals surface area contributed by atoms with Crippen molar-refractivity contribution >= 4 is 5.97 Å². The molecule has 0 aliphatic carbocycles. The van der Waals surface area contributed by atoms with E-state index in [9.17, 15) is 4.79 Å². The Balaban J connectivity index is 3.43. The van der Waals surface area contributed by atoms with Crippen LogP contribution in [0.25, 0.3) is 0 Å². The maximum absolute atomic E-state index is 10.2. The summed E-state index contributed by atoms with van der Waals surface area (Å²) in [6.07, 6.45) is 32.8. The van der Waals surface area contributed by atoms with Gasteiger partial charge in [0.1, 0.15) is 0 Å². The van der Waals surface area contributed by atoms with Gasteiger partial charge in [-0.1, -0.05) is 73.8 Å². The van der Waals surface area contributed by atoms with Crippen LogP contribution in [0.4, 0.5) is 0 Å². The standard InChI is InChI=1S/C22H32O2/c1-2-3-4-5-6-7-8-9-10-11-12-13-14-15-16-17-18-19-20-21-22(23)24/h3-4,6-7,9-10,15-16,18-21H,2,5,8,11-14,17H2,1H3,(H,23,24)/b4-3+,7-6+,10-9+,16-15+,19-18+,21-20-. The number of aliphatic carboxylic acids is 1. The van der Waals surface area contributed by atoms with Crippen LogP contribution in [0.2, 0.25) is 0 Å². The van der Waals surface area contributed by atoms with E-state index in [-0.39, 0.29) is 0 Å². The molecule has 0 saturated heterocycles. The van der Waals surface area contributed by atoms with Gasteiger partial charge in [0.2, 0.25) is 0 Å². The van der Waals surface area contributed by atoms with E-state index in [1.54, 1.807) is 12.2 Å². The molecule has 0 rings (SSSR count). The zero-order valence-corrected chi connectivity index (χ0v) is 14.9. The second-order valence-electron chi connectivity index (χ2n) is 5.41. The Hall–Kier alpha value is -2.09. The number of unbranched alkanes of at least 4 members (excludes halogenated alkanes) is 3. The molecule has 132 valence electrons. The van der Waals surface area contributed by atoms with Gasteiger partial charge in [-0.25, -0.2) is 4.79 Å². The van der Waals surface area contributed by atoms with Crippen LogP contribution in [-0.4, -0.2) is 11.1 Å². The molecular weight excluding hydrogens is 296 g/mol. The van der Waals surface area contributed by atoms with Gasteiger partial charge in [0.25, 0.3) is 0 Å². The zero-order chi connectivity index (χ0) is 17.7. The molecule has 2 heteroatoms. The Bertz CT molecular complexity index is 462. The van der Waals surface area contributed by atoms with E-state index in [1.165, 1.54) is 12.8 Å². The highest BCUT2D eigenvalue weighted by Gasteiger charge is 1.83. The Morgan fingerprint density at radius 3 is 1.75 bits per heavy atom. The molecule has 2 nitrogen and oxygen atoms in total. The average molecular weight is 328 g/mol. The van der Waals surface area contributed by atoms with E-state index in [1.807, 2.05) is 6.08 Å². The molecule has 0 bridgehead atoms. The summed E-state index contributed by atoms with van der Waals surface area (Å²) in [4.78, 5) is 10.2. The highest BCUT2D eigenvalue weighted by Crippen LogP contribution is 2.03. The molecule has 0 aromatic carbocycles. The van der Waals surface area contributed by atoms with Gasteiger partial charge in [0.15, 0.2) is 0 Å². The van der Waals surface area contributed by atoms with Crippen molar-refractivity contribution in [3.63, 3.8) is 0 Å². The Morgan fingerprint density at radius 1 is 0.708 bits per heavy atom. The highest BCUT2D eigenvalue weighted by atomic mass is 16.4. The third kappa shape index (κ3) is 19.9. The summed E-state index contributed by atoms with van der Waals surface area (Å²) in [5, 5.41) is 8.41. The van der Waals surface area contributed by atoms with E-state index in [4.69, 9.17) is 5.11 Å². The summed E-state index contributed by atoms with van der Waals surface area (Å²) in [5.74, 6) is -0.913. The lowest BCUT2D eigenvalue weighted by Crippen LogP contribution is -1.84. The molecule has 1 N–H and O–H groups in total. The molecule has 0 aliphatic heterocycles. The summed E-state index contributed by atoms with van der Waals surface area (Å²) in [7, 11) is 0. The molecule has 0 amide bonds. The molecule has 0 unspecified atom stereocenters. The fourth-order valence-corrected chi connectivity index (χ4v) is 1.94. The van der Waals surface area contributed by atoms with Crippen LogP contribution in [0.1, 0.15) is 58.3 Å². The number of carboxylic acids is 1. The summed E-state index contributed by atoms with van der Waals surface area (Å²) in [6.45, 7) is 2.15. The number of hydrogen-bond acceptors (Lipinski definition) is 1.